The number of hydrogen-bond acceptors (Lipinski definition) is 4. The van der Waals surface area contributed by atoms with Gasteiger partial charge in [0.15, 0.2) is 11.5 Å². The lowest BCUT2D eigenvalue weighted by Crippen LogP contribution is -2.21. The van der Waals surface area contributed by atoms with E-state index >= 15 is 0 Å². The van der Waals surface area contributed by atoms with E-state index in [2.05, 4.69) is 0 Å². The zero-order valence-corrected chi connectivity index (χ0v) is 7.77. The molecule has 1 heterocycles. The Hall–Kier alpha value is -1.26. The van der Waals surface area contributed by atoms with Crippen molar-refractivity contribution in [2.75, 3.05) is 19.8 Å². The van der Waals surface area contributed by atoms with Crippen molar-refractivity contribution >= 4 is 0 Å². The molecule has 1 aliphatic heterocycles. The Balaban J connectivity index is 2.39. The van der Waals surface area contributed by atoms with Crippen molar-refractivity contribution in [1.82, 2.24) is 0 Å². The highest BCUT2D eigenvalue weighted by Crippen LogP contribution is 2.35. The molecule has 14 heavy (non-hydrogen) atoms. The molecule has 4 heteroatoms. The molecular weight excluding hydrogens is 182 g/mol. The third kappa shape index (κ3) is 1.54. The largest absolute Gasteiger partial charge is 0.486 e. The molecule has 1 aromatic carbocycles. The monoisotopic (exact) mass is 195 g/mol. The normalized spacial score (nSPS) is 16.4. The van der Waals surface area contributed by atoms with Crippen LogP contribution >= 0.6 is 0 Å². The molecule has 1 aromatic rings. The molecule has 1 aliphatic rings. The van der Waals surface area contributed by atoms with Crippen molar-refractivity contribution in [1.29, 1.82) is 0 Å². The lowest BCUT2D eigenvalue weighted by atomic mass is 10.1. The number of nitrogens with two attached hydrogens (primary N) is 1. The van der Waals surface area contributed by atoms with Gasteiger partial charge in [0.2, 0.25) is 0 Å². The molecule has 76 valence electrons. The fourth-order valence-electron chi connectivity index (χ4n) is 1.49. The molecule has 0 bridgehead atoms. The number of rotatable bonds is 2. The maximum Gasteiger partial charge on any atom is 0.166 e. The van der Waals surface area contributed by atoms with Crippen LogP contribution in [0.5, 0.6) is 11.5 Å². The maximum absolute atomic E-state index is 8.97. The van der Waals surface area contributed by atoms with Gasteiger partial charge >= 0.3 is 0 Å². The average Bonchev–Trinajstić information content (AvgIpc) is 2.27. The summed E-state index contributed by atoms with van der Waals surface area (Å²) in [5.41, 5.74) is 6.53. The highest BCUT2D eigenvalue weighted by atomic mass is 16.6. The lowest BCUT2D eigenvalue weighted by molar-refractivity contribution is 0.167. The van der Waals surface area contributed by atoms with Crippen LogP contribution in [0.2, 0.25) is 0 Å². The molecule has 0 spiro atoms. The summed E-state index contributed by atoms with van der Waals surface area (Å²) in [6, 6.07) is 5.11. The number of para-hydroxylation sites is 1. The van der Waals surface area contributed by atoms with E-state index in [-0.39, 0.29) is 6.61 Å². The molecular formula is C10H13NO3. The first kappa shape index (κ1) is 9.30. The van der Waals surface area contributed by atoms with Crippen LogP contribution in [-0.2, 0) is 0 Å². The summed E-state index contributed by atoms with van der Waals surface area (Å²) in [5, 5.41) is 8.97. The van der Waals surface area contributed by atoms with Gasteiger partial charge < -0.3 is 20.3 Å². The fraction of sp³-hybridized carbons (Fsp3) is 0.400. The second-order valence-corrected chi connectivity index (χ2v) is 3.16. The van der Waals surface area contributed by atoms with Crippen molar-refractivity contribution in [2.24, 2.45) is 5.73 Å². The molecule has 0 amide bonds. The second kappa shape index (κ2) is 3.86. The van der Waals surface area contributed by atoms with Crippen LogP contribution in [0.15, 0.2) is 18.2 Å². The lowest BCUT2D eigenvalue weighted by Gasteiger charge is -2.22. The summed E-state index contributed by atoms with van der Waals surface area (Å²) in [5.74, 6) is 1.37. The van der Waals surface area contributed by atoms with Crippen LogP contribution in [0.25, 0.3) is 0 Å². The third-order valence-corrected chi connectivity index (χ3v) is 2.19. The number of ether oxygens (including phenoxy) is 2. The van der Waals surface area contributed by atoms with Gasteiger partial charge in [0.25, 0.3) is 0 Å². The number of aliphatic hydroxyl groups is 1. The summed E-state index contributed by atoms with van der Waals surface area (Å²) in [7, 11) is 0. The second-order valence-electron chi connectivity index (χ2n) is 3.16. The van der Waals surface area contributed by atoms with Gasteiger partial charge in [0.05, 0.1) is 12.6 Å². The molecule has 0 saturated heterocycles. The standard InChI is InChI=1S/C10H13NO3/c11-8(6-12)7-2-1-3-9-10(7)14-5-4-13-9/h1-3,8,12H,4-6,11H2/t8-/m0/s1. The highest BCUT2D eigenvalue weighted by molar-refractivity contribution is 5.48. The molecule has 1 atom stereocenters. The van der Waals surface area contributed by atoms with Gasteiger partial charge in [-0.1, -0.05) is 12.1 Å². The molecule has 4 nitrogen and oxygen atoms in total. The Morgan fingerprint density at radius 3 is 2.93 bits per heavy atom. The molecule has 0 aliphatic carbocycles. The van der Waals surface area contributed by atoms with Crippen molar-refractivity contribution in [3.8, 4) is 11.5 Å². The predicted octanol–water partition coefficient (Wildman–Crippen LogP) is 0.450. The van der Waals surface area contributed by atoms with Crippen molar-refractivity contribution in [2.45, 2.75) is 6.04 Å². The first-order valence-corrected chi connectivity index (χ1v) is 4.58. The number of aliphatic hydroxyl groups excluding tert-OH is 1. The first-order valence-electron chi connectivity index (χ1n) is 4.58. The van der Waals surface area contributed by atoms with Crippen molar-refractivity contribution in [3.05, 3.63) is 23.8 Å². The number of benzene rings is 1. The molecule has 2 rings (SSSR count). The average molecular weight is 195 g/mol. The van der Waals surface area contributed by atoms with E-state index in [1.807, 2.05) is 18.2 Å². The summed E-state index contributed by atoms with van der Waals surface area (Å²) >= 11 is 0. The minimum atomic E-state index is -0.411. The minimum absolute atomic E-state index is 0.0974. The van der Waals surface area contributed by atoms with Crippen LogP contribution in [0.1, 0.15) is 11.6 Å². The molecule has 0 saturated carbocycles. The van der Waals surface area contributed by atoms with Gasteiger partial charge in [-0.25, -0.2) is 0 Å². The molecule has 3 N–H and O–H groups in total. The van der Waals surface area contributed by atoms with Crippen LogP contribution in [0, 0.1) is 0 Å². The Morgan fingerprint density at radius 2 is 2.14 bits per heavy atom. The Bertz CT molecular complexity index is 327. The van der Waals surface area contributed by atoms with E-state index in [0.29, 0.717) is 24.7 Å². The summed E-state index contributed by atoms with van der Waals surface area (Å²) in [4.78, 5) is 0. The maximum atomic E-state index is 8.97. The van der Waals surface area contributed by atoms with E-state index in [1.54, 1.807) is 0 Å². The topological polar surface area (TPSA) is 64.7 Å². The van der Waals surface area contributed by atoms with Crippen LogP contribution < -0.4 is 15.2 Å². The van der Waals surface area contributed by atoms with Gasteiger partial charge in [-0.05, 0) is 6.07 Å². The van der Waals surface area contributed by atoms with Crippen LogP contribution in [0.4, 0.5) is 0 Å². The Morgan fingerprint density at radius 1 is 1.36 bits per heavy atom. The molecule has 0 fully saturated rings. The highest BCUT2D eigenvalue weighted by Gasteiger charge is 2.18. The zero-order valence-electron chi connectivity index (χ0n) is 7.77. The van der Waals surface area contributed by atoms with Crippen LogP contribution in [0.3, 0.4) is 0 Å². The summed E-state index contributed by atoms with van der Waals surface area (Å²) < 4.78 is 10.9. The van der Waals surface area contributed by atoms with Gasteiger partial charge in [-0.3, -0.25) is 0 Å². The summed E-state index contributed by atoms with van der Waals surface area (Å²) in [6.45, 7) is 0.993. The van der Waals surface area contributed by atoms with Gasteiger partial charge in [0, 0.05) is 5.56 Å². The minimum Gasteiger partial charge on any atom is -0.486 e. The van der Waals surface area contributed by atoms with Gasteiger partial charge in [-0.15, -0.1) is 0 Å². The molecule has 0 radical (unpaired) electrons. The van der Waals surface area contributed by atoms with E-state index < -0.39 is 6.04 Å². The number of fused-ring (bicyclic) bond motifs is 1. The fourth-order valence-corrected chi connectivity index (χ4v) is 1.49. The predicted molar refractivity (Wildman–Crippen MR) is 51.4 cm³/mol. The zero-order chi connectivity index (χ0) is 9.97. The van der Waals surface area contributed by atoms with E-state index in [1.165, 1.54) is 0 Å². The van der Waals surface area contributed by atoms with Crippen molar-refractivity contribution < 1.29 is 14.6 Å². The first-order chi connectivity index (χ1) is 6.83. The van der Waals surface area contributed by atoms with Gasteiger partial charge in [-0.2, -0.15) is 0 Å². The SMILES string of the molecule is N[C@@H](CO)c1cccc2c1OCCO2. The summed E-state index contributed by atoms with van der Waals surface area (Å²) in [6.07, 6.45) is 0. The Kier molecular flexibility index (Phi) is 2.56. The van der Waals surface area contributed by atoms with Gasteiger partial charge in [0.1, 0.15) is 13.2 Å². The van der Waals surface area contributed by atoms with E-state index in [9.17, 15) is 0 Å². The Labute approximate surface area is 82.2 Å². The molecule has 0 unspecified atom stereocenters. The smallest absolute Gasteiger partial charge is 0.166 e. The van der Waals surface area contributed by atoms with E-state index in [4.69, 9.17) is 20.3 Å². The van der Waals surface area contributed by atoms with E-state index in [0.717, 1.165) is 5.56 Å². The van der Waals surface area contributed by atoms with Crippen LogP contribution in [-0.4, -0.2) is 24.9 Å². The number of hydrogen-bond donors (Lipinski definition) is 2. The quantitative estimate of drug-likeness (QED) is 0.719. The third-order valence-electron chi connectivity index (χ3n) is 2.19. The van der Waals surface area contributed by atoms with Crippen molar-refractivity contribution in [3.63, 3.8) is 0 Å². The molecule has 0 aromatic heterocycles.